The molecule has 7 nitrogen and oxygen atoms in total. The van der Waals surface area contributed by atoms with E-state index < -0.39 is 0 Å². The zero-order valence-electron chi connectivity index (χ0n) is 15.0. The third-order valence-electron chi connectivity index (χ3n) is 4.41. The van der Waals surface area contributed by atoms with Crippen LogP contribution in [0, 0.1) is 6.92 Å². The zero-order chi connectivity index (χ0) is 19.1. The molecule has 0 aliphatic heterocycles. The van der Waals surface area contributed by atoms with E-state index in [4.69, 9.17) is 16.3 Å². The van der Waals surface area contributed by atoms with Crippen molar-refractivity contribution in [3.63, 3.8) is 0 Å². The van der Waals surface area contributed by atoms with Crippen LogP contribution in [-0.4, -0.2) is 29.4 Å². The molecule has 5 aromatic rings. The van der Waals surface area contributed by atoms with Gasteiger partial charge in [-0.15, -0.1) is 5.10 Å². The largest absolute Gasteiger partial charge is 0.486 e. The highest BCUT2D eigenvalue weighted by Crippen LogP contribution is 2.21. The molecule has 0 aliphatic carbocycles. The first kappa shape index (κ1) is 16.7. The van der Waals surface area contributed by atoms with E-state index in [2.05, 4.69) is 27.1 Å². The number of halogens is 1. The van der Waals surface area contributed by atoms with Crippen LogP contribution in [0.15, 0.2) is 61.1 Å². The molecule has 0 saturated heterocycles. The molecule has 0 bridgehead atoms. The molecular formula is C20H15ClN6O. The second-order valence-corrected chi connectivity index (χ2v) is 6.85. The predicted molar refractivity (Wildman–Crippen MR) is 106 cm³/mol. The average Bonchev–Trinajstić information content (AvgIpc) is 3.31. The molecule has 28 heavy (non-hydrogen) atoms. The van der Waals surface area contributed by atoms with Gasteiger partial charge in [-0.1, -0.05) is 29.3 Å². The topological polar surface area (TPSA) is 70.1 Å². The second-order valence-electron chi connectivity index (χ2n) is 6.41. The van der Waals surface area contributed by atoms with Crippen LogP contribution < -0.4 is 4.74 Å². The number of rotatable bonds is 4. The summed E-state index contributed by atoms with van der Waals surface area (Å²) in [6.07, 6.45) is 3.40. The lowest BCUT2D eigenvalue weighted by atomic mass is 10.2. The first-order valence-electron chi connectivity index (χ1n) is 8.71. The van der Waals surface area contributed by atoms with E-state index in [0.29, 0.717) is 22.2 Å². The molecule has 0 saturated carbocycles. The molecule has 3 aromatic heterocycles. The van der Waals surface area contributed by atoms with Crippen LogP contribution in [0.5, 0.6) is 5.75 Å². The fraction of sp³-hybridized carbons (Fsp3) is 0.100. The minimum atomic E-state index is 0.247. The summed E-state index contributed by atoms with van der Waals surface area (Å²) in [5.74, 6) is 1.27. The van der Waals surface area contributed by atoms with Gasteiger partial charge in [-0.25, -0.2) is 19.2 Å². The highest BCUT2D eigenvalue weighted by molar-refractivity contribution is 6.30. The van der Waals surface area contributed by atoms with Crippen molar-refractivity contribution in [2.45, 2.75) is 13.5 Å². The number of nitrogens with zero attached hydrogens (tertiary/aromatic N) is 6. The molecule has 5 rings (SSSR count). The van der Waals surface area contributed by atoms with Crippen molar-refractivity contribution in [2.24, 2.45) is 0 Å². The van der Waals surface area contributed by atoms with Crippen LogP contribution >= 0.6 is 11.6 Å². The van der Waals surface area contributed by atoms with Crippen molar-refractivity contribution in [2.75, 3.05) is 0 Å². The van der Waals surface area contributed by atoms with E-state index in [-0.39, 0.29) is 6.61 Å². The molecule has 8 heteroatoms. The molecule has 0 aliphatic rings. The Morgan fingerprint density at radius 3 is 2.57 bits per heavy atom. The smallest absolute Gasteiger partial charge is 0.189 e. The van der Waals surface area contributed by atoms with E-state index in [1.807, 2.05) is 36.4 Å². The second kappa shape index (κ2) is 6.61. The van der Waals surface area contributed by atoms with Gasteiger partial charge in [0, 0.05) is 5.02 Å². The van der Waals surface area contributed by atoms with Crippen molar-refractivity contribution >= 4 is 28.3 Å². The SMILES string of the molecule is Cc1ccc(-n2ncc3c2ncn2nc(COc4ccc(Cl)cc4)nc32)cc1. The number of fused-ring (bicyclic) bond motifs is 3. The lowest BCUT2D eigenvalue weighted by Crippen LogP contribution is -1.99. The number of ether oxygens (including phenoxy) is 1. The standard InChI is InChI=1S/C20H15ClN6O/c1-13-2-6-15(7-3-13)27-19-17(10-23-27)20-24-18(25-26(20)12-22-19)11-28-16-8-4-14(21)5-9-16/h2-10,12H,11H2,1H3. The Morgan fingerprint density at radius 1 is 1.00 bits per heavy atom. The van der Waals surface area contributed by atoms with Gasteiger partial charge in [0.15, 0.2) is 17.1 Å². The lowest BCUT2D eigenvalue weighted by Gasteiger charge is -2.03. The Hall–Kier alpha value is -3.45. The maximum atomic E-state index is 5.89. The summed E-state index contributed by atoms with van der Waals surface area (Å²) in [6.45, 7) is 2.30. The van der Waals surface area contributed by atoms with Crippen molar-refractivity contribution in [1.29, 1.82) is 0 Å². The first-order chi connectivity index (χ1) is 13.7. The quantitative estimate of drug-likeness (QED) is 0.464. The fourth-order valence-corrected chi connectivity index (χ4v) is 3.11. The van der Waals surface area contributed by atoms with Gasteiger partial charge in [0.05, 0.1) is 17.3 Å². The fourth-order valence-electron chi connectivity index (χ4n) is 2.98. The minimum absolute atomic E-state index is 0.247. The number of aryl methyl sites for hydroxylation is 1. The third-order valence-corrected chi connectivity index (χ3v) is 4.66. The van der Waals surface area contributed by atoms with Gasteiger partial charge in [-0.2, -0.15) is 5.10 Å². The van der Waals surface area contributed by atoms with Crippen molar-refractivity contribution in [3.05, 3.63) is 77.5 Å². The van der Waals surface area contributed by atoms with E-state index >= 15 is 0 Å². The molecule has 2 aromatic carbocycles. The van der Waals surface area contributed by atoms with Crippen molar-refractivity contribution in [3.8, 4) is 11.4 Å². The van der Waals surface area contributed by atoms with Gasteiger partial charge in [-0.05, 0) is 43.3 Å². The Bertz CT molecular complexity index is 1270. The van der Waals surface area contributed by atoms with Crippen LogP contribution in [0.3, 0.4) is 0 Å². The van der Waals surface area contributed by atoms with Gasteiger partial charge in [0.1, 0.15) is 18.7 Å². The minimum Gasteiger partial charge on any atom is -0.486 e. The predicted octanol–water partition coefficient (Wildman–Crippen LogP) is 4.00. The molecule has 0 atom stereocenters. The van der Waals surface area contributed by atoms with E-state index in [9.17, 15) is 0 Å². The Kier molecular flexibility index (Phi) is 3.95. The summed E-state index contributed by atoms with van der Waals surface area (Å²) in [5.41, 5.74) is 3.56. The van der Waals surface area contributed by atoms with Crippen molar-refractivity contribution < 1.29 is 4.74 Å². The normalized spacial score (nSPS) is 11.4. The monoisotopic (exact) mass is 390 g/mol. The summed E-state index contributed by atoms with van der Waals surface area (Å²) < 4.78 is 9.18. The Balaban J connectivity index is 1.48. The highest BCUT2D eigenvalue weighted by atomic mass is 35.5. The number of benzene rings is 2. The van der Waals surface area contributed by atoms with Crippen molar-refractivity contribution in [1.82, 2.24) is 29.4 Å². The molecule has 0 unspecified atom stereocenters. The summed E-state index contributed by atoms with van der Waals surface area (Å²) in [5, 5.41) is 10.4. The maximum absolute atomic E-state index is 5.89. The number of hydrogen-bond acceptors (Lipinski definition) is 5. The van der Waals surface area contributed by atoms with E-state index in [0.717, 1.165) is 16.7 Å². The first-order valence-corrected chi connectivity index (χ1v) is 9.08. The number of aromatic nitrogens is 6. The maximum Gasteiger partial charge on any atom is 0.189 e. The Labute approximate surface area is 165 Å². The molecular weight excluding hydrogens is 376 g/mol. The van der Waals surface area contributed by atoms with Crippen LogP contribution in [0.4, 0.5) is 0 Å². The summed E-state index contributed by atoms with van der Waals surface area (Å²) >= 11 is 5.89. The van der Waals surface area contributed by atoms with Gasteiger partial charge in [0.2, 0.25) is 0 Å². The zero-order valence-corrected chi connectivity index (χ0v) is 15.7. The summed E-state index contributed by atoms with van der Waals surface area (Å²) in [4.78, 5) is 9.12. The van der Waals surface area contributed by atoms with Crippen LogP contribution in [0.25, 0.3) is 22.4 Å². The van der Waals surface area contributed by atoms with Gasteiger partial charge < -0.3 is 4.74 Å². The Morgan fingerprint density at radius 2 is 1.79 bits per heavy atom. The number of hydrogen-bond donors (Lipinski definition) is 0. The molecule has 138 valence electrons. The van der Waals surface area contributed by atoms with E-state index in [1.54, 1.807) is 33.9 Å². The molecule has 3 heterocycles. The molecule has 0 spiro atoms. The third kappa shape index (κ3) is 2.95. The lowest BCUT2D eigenvalue weighted by molar-refractivity contribution is 0.296. The van der Waals surface area contributed by atoms with Crippen LogP contribution in [0.2, 0.25) is 5.02 Å². The molecule has 0 radical (unpaired) electrons. The van der Waals surface area contributed by atoms with Gasteiger partial charge in [0.25, 0.3) is 0 Å². The van der Waals surface area contributed by atoms with Gasteiger partial charge >= 0.3 is 0 Å². The molecule has 0 amide bonds. The van der Waals surface area contributed by atoms with Crippen LogP contribution in [0.1, 0.15) is 11.4 Å². The van der Waals surface area contributed by atoms with Gasteiger partial charge in [-0.3, -0.25) is 0 Å². The molecule has 0 fully saturated rings. The van der Waals surface area contributed by atoms with E-state index in [1.165, 1.54) is 5.56 Å². The summed E-state index contributed by atoms with van der Waals surface area (Å²) in [7, 11) is 0. The molecule has 0 N–H and O–H groups in total. The van der Waals surface area contributed by atoms with Crippen LogP contribution in [-0.2, 0) is 6.61 Å². The average molecular weight is 391 g/mol. The summed E-state index contributed by atoms with van der Waals surface area (Å²) in [6, 6.07) is 15.3. The highest BCUT2D eigenvalue weighted by Gasteiger charge is 2.13.